The Bertz CT molecular complexity index is 910. The first-order valence-electron chi connectivity index (χ1n) is 12.2. The van der Waals surface area contributed by atoms with Crippen LogP contribution in [-0.4, -0.2) is 18.1 Å². The molecule has 0 fully saturated rings. The van der Waals surface area contributed by atoms with Gasteiger partial charge in [-0.05, 0) is 48.2 Å². The van der Waals surface area contributed by atoms with Crippen LogP contribution < -0.4 is 4.90 Å². The Hall–Kier alpha value is -2.61. The molecule has 0 unspecified atom stereocenters. The van der Waals surface area contributed by atoms with Crippen LogP contribution in [0.5, 0.6) is 0 Å². The Balaban J connectivity index is 1.66. The van der Waals surface area contributed by atoms with Gasteiger partial charge in [0.15, 0.2) is 0 Å². The van der Waals surface area contributed by atoms with E-state index in [0.717, 1.165) is 5.52 Å². The molecule has 1 heterocycles. The normalized spacial score (nSPS) is 11.4. The summed E-state index contributed by atoms with van der Waals surface area (Å²) in [5.74, 6) is 0. The second-order valence-electron chi connectivity index (χ2n) is 8.45. The first-order valence-corrected chi connectivity index (χ1v) is 12.2. The highest BCUT2D eigenvalue weighted by Gasteiger charge is 2.06. The van der Waals surface area contributed by atoms with E-state index in [-0.39, 0.29) is 0 Å². The average molecular weight is 415 g/mol. The highest BCUT2D eigenvalue weighted by molar-refractivity contribution is 5.90. The molecule has 0 N–H and O–H groups in total. The Morgan fingerprint density at radius 3 is 2.06 bits per heavy atom. The van der Waals surface area contributed by atoms with Crippen molar-refractivity contribution in [3.63, 3.8) is 0 Å². The summed E-state index contributed by atoms with van der Waals surface area (Å²) in [4.78, 5) is 7.05. The number of fused-ring (bicyclic) bond motifs is 1. The maximum absolute atomic E-state index is 4.46. The molecule has 0 aliphatic heterocycles. The Kier molecular flexibility index (Phi) is 9.63. The van der Waals surface area contributed by atoms with Crippen LogP contribution in [0.4, 0.5) is 5.69 Å². The minimum absolute atomic E-state index is 1.04. The van der Waals surface area contributed by atoms with Crippen molar-refractivity contribution in [2.75, 3.05) is 18.0 Å². The van der Waals surface area contributed by atoms with Crippen LogP contribution in [0.15, 0.2) is 60.8 Å². The molecule has 0 bridgehead atoms. The van der Waals surface area contributed by atoms with Gasteiger partial charge in [0.2, 0.25) is 0 Å². The Labute approximate surface area is 189 Å². The van der Waals surface area contributed by atoms with Gasteiger partial charge in [-0.15, -0.1) is 0 Å². The third-order valence-electron chi connectivity index (χ3n) is 5.96. The van der Waals surface area contributed by atoms with E-state index in [1.54, 1.807) is 0 Å². The van der Waals surface area contributed by atoms with Crippen LogP contribution >= 0.6 is 0 Å². The fourth-order valence-electron chi connectivity index (χ4n) is 4.07. The van der Waals surface area contributed by atoms with Crippen molar-refractivity contribution in [3.8, 4) is 0 Å². The largest absolute Gasteiger partial charge is 0.372 e. The molecule has 164 valence electrons. The zero-order valence-electron chi connectivity index (χ0n) is 19.4. The van der Waals surface area contributed by atoms with Gasteiger partial charge in [-0.3, -0.25) is 4.98 Å². The lowest BCUT2D eigenvalue weighted by Crippen LogP contribution is -2.25. The Morgan fingerprint density at radius 2 is 1.39 bits per heavy atom. The molecule has 2 heteroatoms. The zero-order chi connectivity index (χ0) is 21.7. The summed E-state index contributed by atoms with van der Waals surface area (Å²) in [7, 11) is 0. The maximum Gasteiger partial charge on any atom is 0.0707 e. The molecule has 0 aliphatic rings. The van der Waals surface area contributed by atoms with Crippen molar-refractivity contribution < 1.29 is 0 Å². The minimum atomic E-state index is 1.04. The van der Waals surface area contributed by atoms with Crippen LogP contribution in [0.25, 0.3) is 23.1 Å². The van der Waals surface area contributed by atoms with E-state index in [9.17, 15) is 0 Å². The molecule has 0 atom stereocenters. The first kappa shape index (κ1) is 23.1. The van der Waals surface area contributed by atoms with Gasteiger partial charge in [-0.1, -0.05) is 94.9 Å². The van der Waals surface area contributed by atoms with Gasteiger partial charge >= 0.3 is 0 Å². The number of hydrogen-bond acceptors (Lipinski definition) is 2. The van der Waals surface area contributed by atoms with Gasteiger partial charge < -0.3 is 4.90 Å². The molecule has 0 spiro atoms. The van der Waals surface area contributed by atoms with Gasteiger partial charge in [0.1, 0.15) is 0 Å². The predicted octanol–water partition coefficient (Wildman–Crippen LogP) is 8.37. The average Bonchev–Trinajstić information content (AvgIpc) is 2.82. The van der Waals surface area contributed by atoms with Gasteiger partial charge in [0.05, 0.1) is 5.52 Å². The van der Waals surface area contributed by atoms with E-state index in [4.69, 9.17) is 0 Å². The van der Waals surface area contributed by atoms with E-state index in [1.807, 2.05) is 12.3 Å². The third-order valence-corrected chi connectivity index (χ3v) is 5.96. The smallest absolute Gasteiger partial charge is 0.0707 e. The molecule has 0 radical (unpaired) electrons. The molecule has 3 rings (SSSR count). The van der Waals surface area contributed by atoms with Crippen molar-refractivity contribution in [1.29, 1.82) is 0 Å². The summed E-state index contributed by atoms with van der Waals surface area (Å²) in [6.07, 6.45) is 16.8. The first-order chi connectivity index (χ1) is 15.3. The van der Waals surface area contributed by atoms with E-state index < -0.39 is 0 Å². The molecule has 31 heavy (non-hydrogen) atoms. The van der Waals surface area contributed by atoms with Gasteiger partial charge in [0, 0.05) is 30.4 Å². The van der Waals surface area contributed by atoms with E-state index in [0.29, 0.717) is 0 Å². The summed E-state index contributed by atoms with van der Waals surface area (Å²) < 4.78 is 0. The number of anilines is 1. The number of benzene rings is 2. The SMILES string of the molecule is CCCCCCN(CCCCCC)c1ccc(/C=C/c2ccnc3ccccc23)cc1. The standard InChI is InChI=1S/C29H38N2/c1-3-5-7-11-23-31(24-12-8-6-4-2)27-19-16-25(17-20-27)15-18-26-21-22-30-29-14-10-9-13-28(26)29/h9-10,13-22H,3-8,11-12,23-24H2,1-2H3/b18-15+. The number of nitrogens with zero attached hydrogens (tertiary/aromatic N) is 2. The molecular formula is C29H38N2. The number of aromatic nitrogens is 1. The van der Waals surface area contributed by atoms with Crippen molar-refractivity contribution in [2.45, 2.75) is 65.2 Å². The lowest BCUT2D eigenvalue weighted by molar-refractivity contribution is 0.609. The van der Waals surface area contributed by atoms with Crippen molar-refractivity contribution >= 4 is 28.7 Å². The summed E-state index contributed by atoms with van der Waals surface area (Å²) >= 11 is 0. The second-order valence-corrected chi connectivity index (χ2v) is 8.45. The fourth-order valence-corrected chi connectivity index (χ4v) is 4.07. The molecule has 0 amide bonds. The molecule has 2 nitrogen and oxygen atoms in total. The number of pyridine rings is 1. The van der Waals surface area contributed by atoms with Crippen LogP contribution in [-0.2, 0) is 0 Å². The minimum Gasteiger partial charge on any atom is -0.372 e. The van der Waals surface area contributed by atoms with Crippen LogP contribution in [0.1, 0.15) is 76.3 Å². The zero-order valence-corrected chi connectivity index (χ0v) is 19.4. The maximum atomic E-state index is 4.46. The highest BCUT2D eigenvalue weighted by Crippen LogP contribution is 2.21. The summed E-state index contributed by atoms with van der Waals surface area (Å²) in [6, 6.07) is 19.5. The van der Waals surface area contributed by atoms with E-state index in [1.165, 1.54) is 86.7 Å². The van der Waals surface area contributed by atoms with Crippen LogP contribution in [0, 0.1) is 0 Å². The van der Waals surface area contributed by atoms with Crippen LogP contribution in [0.3, 0.4) is 0 Å². The number of unbranched alkanes of at least 4 members (excludes halogenated alkanes) is 6. The fraction of sp³-hybridized carbons (Fsp3) is 0.414. The topological polar surface area (TPSA) is 16.1 Å². The van der Waals surface area contributed by atoms with Crippen molar-refractivity contribution in [1.82, 2.24) is 4.98 Å². The molecular weight excluding hydrogens is 376 g/mol. The molecule has 0 saturated heterocycles. The van der Waals surface area contributed by atoms with Crippen molar-refractivity contribution in [3.05, 3.63) is 71.9 Å². The lowest BCUT2D eigenvalue weighted by Gasteiger charge is -2.25. The van der Waals surface area contributed by atoms with Gasteiger partial charge in [-0.25, -0.2) is 0 Å². The van der Waals surface area contributed by atoms with Gasteiger partial charge in [-0.2, -0.15) is 0 Å². The van der Waals surface area contributed by atoms with Gasteiger partial charge in [0.25, 0.3) is 0 Å². The number of para-hydroxylation sites is 1. The highest BCUT2D eigenvalue weighted by atomic mass is 15.1. The Morgan fingerprint density at radius 1 is 0.710 bits per heavy atom. The van der Waals surface area contributed by atoms with Crippen molar-refractivity contribution in [2.24, 2.45) is 0 Å². The summed E-state index contributed by atoms with van der Waals surface area (Å²) in [5, 5.41) is 1.20. The lowest BCUT2D eigenvalue weighted by atomic mass is 10.1. The van der Waals surface area contributed by atoms with E-state index >= 15 is 0 Å². The number of hydrogen-bond donors (Lipinski definition) is 0. The van der Waals surface area contributed by atoms with E-state index in [2.05, 4.69) is 84.4 Å². The molecule has 0 aliphatic carbocycles. The second kappa shape index (κ2) is 12.9. The molecule has 1 aromatic heterocycles. The molecule has 0 saturated carbocycles. The quantitative estimate of drug-likeness (QED) is 0.261. The summed E-state index contributed by atoms with van der Waals surface area (Å²) in [5.41, 5.74) is 4.85. The molecule has 2 aromatic carbocycles. The van der Waals surface area contributed by atoms with Crippen LogP contribution in [0.2, 0.25) is 0 Å². The monoisotopic (exact) mass is 414 g/mol. The number of rotatable bonds is 13. The predicted molar refractivity (Wildman–Crippen MR) is 138 cm³/mol. The third kappa shape index (κ3) is 7.24. The molecule has 3 aromatic rings. The summed E-state index contributed by atoms with van der Waals surface area (Å²) in [6.45, 7) is 6.90.